The fourth-order valence-electron chi connectivity index (χ4n) is 3.50. The molecule has 160 valence electrons. The fraction of sp³-hybridized carbons (Fsp3) is 0.600. The molecule has 1 aromatic rings. The third-order valence-corrected chi connectivity index (χ3v) is 5.13. The standard InChI is InChI=1S/C20H28FN3O5/c1-2-3-4-5-19(25)24(27)14-16-13-23(20(26)29-16)15-6-7-18(17(21)12-15)22-8-10-28-11-9-22/h6-7,12,16,27H,2-5,8-11,13-14H2,1H3. The van der Waals surface area contributed by atoms with E-state index in [-0.39, 0.29) is 19.5 Å². The van der Waals surface area contributed by atoms with E-state index in [0.29, 0.717) is 49.2 Å². The third kappa shape index (κ3) is 5.36. The predicted octanol–water partition coefficient (Wildman–Crippen LogP) is 2.79. The van der Waals surface area contributed by atoms with E-state index >= 15 is 0 Å². The van der Waals surface area contributed by atoms with Crippen LogP contribution in [-0.2, 0) is 14.3 Å². The molecule has 2 fully saturated rings. The molecular formula is C20H28FN3O5. The van der Waals surface area contributed by atoms with E-state index in [4.69, 9.17) is 9.47 Å². The summed E-state index contributed by atoms with van der Waals surface area (Å²) in [6, 6.07) is 4.62. The molecule has 2 aliphatic rings. The zero-order valence-corrected chi connectivity index (χ0v) is 16.7. The molecule has 0 radical (unpaired) electrons. The molecule has 0 aliphatic carbocycles. The lowest BCUT2D eigenvalue weighted by Gasteiger charge is -2.29. The largest absolute Gasteiger partial charge is 0.442 e. The maximum Gasteiger partial charge on any atom is 0.414 e. The molecule has 9 heteroatoms. The summed E-state index contributed by atoms with van der Waals surface area (Å²) >= 11 is 0. The maximum absolute atomic E-state index is 14.6. The first-order chi connectivity index (χ1) is 14.0. The number of benzene rings is 1. The van der Waals surface area contributed by atoms with E-state index in [1.54, 1.807) is 12.1 Å². The highest BCUT2D eigenvalue weighted by atomic mass is 19.1. The number of halogens is 1. The number of nitrogens with zero attached hydrogens (tertiary/aromatic N) is 3. The van der Waals surface area contributed by atoms with E-state index in [0.717, 1.165) is 12.8 Å². The number of amides is 2. The van der Waals surface area contributed by atoms with E-state index in [1.807, 2.05) is 11.8 Å². The molecule has 1 N–H and O–H groups in total. The van der Waals surface area contributed by atoms with Gasteiger partial charge in [-0.2, -0.15) is 0 Å². The second-order valence-electron chi connectivity index (χ2n) is 7.28. The summed E-state index contributed by atoms with van der Waals surface area (Å²) in [6.07, 6.45) is 1.55. The van der Waals surface area contributed by atoms with Crippen LogP contribution in [0.3, 0.4) is 0 Å². The minimum Gasteiger partial charge on any atom is -0.442 e. The summed E-state index contributed by atoms with van der Waals surface area (Å²) < 4.78 is 25.2. The Morgan fingerprint density at radius 3 is 2.76 bits per heavy atom. The van der Waals surface area contributed by atoms with Crippen molar-refractivity contribution in [2.45, 2.75) is 38.7 Å². The molecule has 2 aliphatic heterocycles. The van der Waals surface area contributed by atoms with Crippen molar-refractivity contribution < 1.29 is 28.7 Å². The van der Waals surface area contributed by atoms with Crippen LogP contribution in [-0.4, -0.2) is 67.8 Å². The van der Waals surface area contributed by atoms with Gasteiger partial charge >= 0.3 is 6.09 Å². The number of hydrogen-bond acceptors (Lipinski definition) is 6. The van der Waals surface area contributed by atoms with Crippen LogP contribution in [0.1, 0.15) is 32.6 Å². The van der Waals surface area contributed by atoms with Gasteiger partial charge in [0.2, 0.25) is 5.91 Å². The SMILES string of the molecule is CCCCCC(=O)N(O)CC1CN(c2ccc(N3CCOCC3)c(F)c2)C(=O)O1. The minimum atomic E-state index is -0.676. The van der Waals surface area contributed by atoms with Crippen LogP contribution in [0.25, 0.3) is 0 Å². The molecule has 2 heterocycles. The lowest BCUT2D eigenvalue weighted by molar-refractivity contribution is -0.169. The van der Waals surface area contributed by atoms with Crippen molar-refractivity contribution >= 4 is 23.4 Å². The van der Waals surface area contributed by atoms with E-state index in [9.17, 15) is 19.2 Å². The number of rotatable bonds is 8. The van der Waals surface area contributed by atoms with Crippen LogP contribution >= 0.6 is 0 Å². The molecule has 0 saturated carbocycles. The van der Waals surface area contributed by atoms with Crippen LogP contribution in [0.5, 0.6) is 0 Å². The predicted molar refractivity (Wildman–Crippen MR) is 105 cm³/mol. The zero-order chi connectivity index (χ0) is 20.8. The normalized spacial score (nSPS) is 19.4. The number of hydrogen-bond donors (Lipinski definition) is 1. The van der Waals surface area contributed by atoms with Crippen LogP contribution < -0.4 is 9.80 Å². The molecule has 0 bridgehead atoms. The van der Waals surface area contributed by atoms with Gasteiger partial charge in [0, 0.05) is 19.5 Å². The number of cyclic esters (lactones) is 1. The Morgan fingerprint density at radius 2 is 2.07 bits per heavy atom. The van der Waals surface area contributed by atoms with Gasteiger partial charge in [0.05, 0.1) is 37.7 Å². The number of unbranched alkanes of at least 4 members (excludes halogenated alkanes) is 2. The first-order valence-corrected chi connectivity index (χ1v) is 10.1. The lowest BCUT2D eigenvalue weighted by atomic mass is 10.2. The summed E-state index contributed by atoms with van der Waals surface area (Å²) in [5.74, 6) is -0.815. The van der Waals surface area contributed by atoms with Gasteiger partial charge in [-0.25, -0.2) is 14.2 Å². The summed E-state index contributed by atoms with van der Waals surface area (Å²) in [7, 11) is 0. The molecule has 0 spiro atoms. The maximum atomic E-state index is 14.6. The second-order valence-corrected chi connectivity index (χ2v) is 7.28. The number of anilines is 2. The molecule has 2 saturated heterocycles. The van der Waals surface area contributed by atoms with E-state index in [2.05, 4.69) is 0 Å². The number of carbonyl (C=O) groups excluding carboxylic acids is 2. The second kappa shape index (κ2) is 9.89. The summed E-state index contributed by atoms with van der Waals surface area (Å²) in [5.41, 5.74) is 0.853. The van der Waals surface area contributed by atoms with Gasteiger partial charge in [0.1, 0.15) is 11.9 Å². The molecular weight excluding hydrogens is 381 g/mol. The van der Waals surface area contributed by atoms with Crippen molar-refractivity contribution in [1.29, 1.82) is 0 Å². The quantitative estimate of drug-likeness (QED) is 0.404. The molecule has 1 unspecified atom stereocenters. The molecule has 0 aromatic heterocycles. The van der Waals surface area contributed by atoms with E-state index in [1.165, 1.54) is 11.0 Å². The van der Waals surface area contributed by atoms with Gasteiger partial charge in [0.25, 0.3) is 0 Å². The zero-order valence-electron chi connectivity index (χ0n) is 16.7. The fourth-order valence-corrected chi connectivity index (χ4v) is 3.50. The number of carbonyl (C=O) groups is 2. The van der Waals surface area contributed by atoms with Crippen molar-refractivity contribution in [2.24, 2.45) is 0 Å². The molecule has 29 heavy (non-hydrogen) atoms. The Balaban J connectivity index is 1.58. The molecule has 3 rings (SSSR count). The highest BCUT2D eigenvalue weighted by molar-refractivity contribution is 5.90. The Bertz CT molecular complexity index is 726. The Morgan fingerprint density at radius 1 is 1.31 bits per heavy atom. The summed E-state index contributed by atoms with van der Waals surface area (Å²) in [4.78, 5) is 27.4. The summed E-state index contributed by atoms with van der Waals surface area (Å²) in [6.45, 7) is 4.39. The first kappa shape index (κ1) is 21.3. The van der Waals surface area contributed by atoms with Crippen LogP contribution in [0, 0.1) is 5.82 Å². The molecule has 2 amide bonds. The Kier molecular flexibility index (Phi) is 7.27. The van der Waals surface area contributed by atoms with Crippen LogP contribution in [0.4, 0.5) is 20.6 Å². The first-order valence-electron chi connectivity index (χ1n) is 10.1. The topological polar surface area (TPSA) is 82.6 Å². The summed E-state index contributed by atoms with van der Waals surface area (Å²) in [5, 5.41) is 10.6. The van der Waals surface area contributed by atoms with Crippen LogP contribution in [0.15, 0.2) is 18.2 Å². The van der Waals surface area contributed by atoms with E-state index < -0.39 is 23.9 Å². The molecule has 8 nitrogen and oxygen atoms in total. The van der Waals surface area contributed by atoms with Gasteiger partial charge in [0.15, 0.2) is 0 Å². The Hall–Kier alpha value is -2.39. The Labute approximate surface area is 169 Å². The van der Waals surface area contributed by atoms with Gasteiger partial charge in [-0.15, -0.1) is 0 Å². The number of ether oxygens (including phenoxy) is 2. The van der Waals surface area contributed by atoms with Gasteiger partial charge in [-0.05, 0) is 24.6 Å². The minimum absolute atomic E-state index is 0.110. The van der Waals surface area contributed by atoms with Crippen molar-refractivity contribution in [3.8, 4) is 0 Å². The van der Waals surface area contributed by atoms with Crippen molar-refractivity contribution in [3.05, 3.63) is 24.0 Å². The van der Waals surface area contributed by atoms with Gasteiger partial charge < -0.3 is 14.4 Å². The smallest absolute Gasteiger partial charge is 0.414 e. The van der Waals surface area contributed by atoms with Crippen molar-refractivity contribution in [2.75, 3.05) is 49.2 Å². The van der Waals surface area contributed by atoms with Gasteiger partial charge in [-0.3, -0.25) is 14.9 Å². The van der Waals surface area contributed by atoms with Crippen molar-refractivity contribution in [3.63, 3.8) is 0 Å². The highest BCUT2D eigenvalue weighted by Crippen LogP contribution is 2.28. The average Bonchev–Trinajstić information content (AvgIpc) is 3.08. The van der Waals surface area contributed by atoms with Crippen LogP contribution in [0.2, 0.25) is 0 Å². The monoisotopic (exact) mass is 409 g/mol. The number of hydroxylamine groups is 2. The third-order valence-electron chi connectivity index (χ3n) is 5.13. The number of morpholine rings is 1. The van der Waals surface area contributed by atoms with Crippen molar-refractivity contribution in [1.82, 2.24) is 5.06 Å². The van der Waals surface area contributed by atoms with Gasteiger partial charge in [-0.1, -0.05) is 19.8 Å². The molecule has 1 aromatic carbocycles. The average molecular weight is 409 g/mol. The highest BCUT2D eigenvalue weighted by Gasteiger charge is 2.34. The lowest BCUT2D eigenvalue weighted by Crippen LogP contribution is -2.37. The molecule has 1 atom stereocenters.